The van der Waals surface area contributed by atoms with Crippen LogP contribution in [0.1, 0.15) is 0 Å². The SMILES string of the molecule is c1ccc2c(c1)oc1cc3cc(-c4ccc(N(c5ccc6c(c5)sc5ccccc56)c5ccc6c(c5)sc5ccccc56)cc4)ccc3cc12. The summed E-state index contributed by atoms with van der Waals surface area (Å²) < 4.78 is 11.4. The van der Waals surface area contributed by atoms with Crippen LogP contribution in [0.25, 0.3) is 84.2 Å². The summed E-state index contributed by atoms with van der Waals surface area (Å²) in [4.78, 5) is 2.40. The second-order valence-electron chi connectivity index (χ2n) is 12.9. The number of fused-ring (bicyclic) bond motifs is 10. The zero-order valence-corrected chi connectivity index (χ0v) is 28.4. The molecular weight excluding hydrogens is 647 g/mol. The number of furan rings is 1. The Morgan fingerprint density at radius 1 is 0.340 bits per heavy atom. The van der Waals surface area contributed by atoms with E-state index in [2.05, 4.69) is 157 Å². The molecule has 0 bridgehead atoms. The van der Waals surface area contributed by atoms with E-state index in [1.807, 2.05) is 34.8 Å². The van der Waals surface area contributed by atoms with Crippen molar-refractivity contribution in [1.29, 1.82) is 0 Å². The van der Waals surface area contributed by atoms with E-state index < -0.39 is 0 Å². The second-order valence-corrected chi connectivity index (χ2v) is 15.1. The number of thiophene rings is 2. The molecule has 0 aliphatic carbocycles. The highest BCUT2D eigenvalue weighted by Gasteiger charge is 2.17. The molecule has 8 aromatic carbocycles. The molecule has 0 N–H and O–H groups in total. The Morgan fingerprint density at radius 2 is 0.900 bits per heavy atom. The molecule has 0 saturated heterocycles. The van der Waals surface area contributed by atoms with Gasteiger partial charge in [-0.3, -0.25) is 0 Å². The first-order valence-electron chi connectivity index (χ1n) is 16.8. The molecule has 0 spiro atoms. The first-order valence-corrected chi connectivity index (χ1v) is 18.5. The fourth-order valence-corrected chi connectivity index (χ4v) is 9.88. The quantitative estimate of drug-likeness (QED) is 0.185. The normalized spacial score (nSPS) is 12.0. The van der Waals surface area contributed by atoms with Crippen molar-refractivity contribution in [3.63, 3.8) is 0 Å². The van der Waals surface area contributed by atoms with Crippen molar-refractivity contribution in [1.82, 2.24) is 0 Å². The fourth-order valence-electron chi connectivity index (χ4n) is 7.61. The lowest BCUT2D eigenvalue weighted by Gasteiger charge is -2.26. The van der Waals surface area contributed by atoms with E-state index in [1.54, 1.807) is 0 Å². The number of hydrogen-bond donors (Lipinski definition) is 0. The van der Waals surface area contributed by atoms with Crippen LogP contribution in [-0.4, -0.2) is 0 Å². The monoisotopic (exact) mass is 673 g/mol. The van der Waals surface area contributed by atoms with Crippen molar-refractivity contribution in [3.8, 4) is 11.1 Å². The zero-order valence-electron chi connectivity index (χ0n) is 26.8. The van der Waals surface area contributed by atoms with E-state index in [9.17, 15) is 0 Å². The van der Waals surface area contributed by atoms with Gasteiger partial charge in [-0.15, -0.1) is 22.7 Å². The van der Waals surface area contributed by atoms with E-state index in [0.29, 0.717) is 0 Å². The predicted molar refractivity (Wildman–Crippen MR) is 217 cm³/mol. The lowest BCUT2D eigenvalue weighted by Crippen LogP contribution is -2.09. The molecule has 2 nitrogen and oxygen atoms in total. The molecule has 0 aliphatic heterocycles. The van der Waals surface area contributed by atoms with Crippen LogP contribution in [0.2, 0.25) is 0 Å². The molecule has 0 atom stereocenters. The number of benzene rings is 8. The van der Waals surface area contributed by atoms with Gasteiger partial charge in [-0.25, -0.2) is 0 Å². The molecule has 3 aromatic heterocycles. The Balaban J connectivity index is 1.03. The van der Waals surface area contributed by atoms with Gasteiger partial charge in [-0.2, -0.15) is 0 Å². The number of para-hydroxylation sites is 1. The Bertz CT molecular complexity index is 2990. The van der Waals surface area contributed by atoms with E-state index >= 15 is 0 Å². The molecule has 0 saturated carbocycles. The fraction of sp³-hybridized carbons (Fsp3) is 0. The number of anilines is 3. The minimum atomic E-state index is 0.924. The predicted octanol–water partition coefficient (Wildman–Crippen LogP) is 14.6. The average Bonchev–Trinajstić information content (AvgIpc) is 3.84. The van der Waals surface area contributed by atoms with Crippen LogP contribution in [0.4, 0.5) is 17.1 Å². The molecule has 50 heavy (non-hydrogen) atoms. The molecule has 11 rings (SSSR count). The van der Waals surface area contributed by atoms with Crippen molar-refractivity contribution < 1.29 is 4.42 Å². The van der Waals surface area contributed by atoms with Gasteiger partial charge in [-0.1, -0.05) is 91.0 Å². The van der Waals surface area contributed by atoms with Crippen molar-refractivity contribution in [2.45, 2.75) is 0 Å². The van der Waals surface area contributed by atoms with Crippen LogP contribution < -0.4 is 4.90 Å². The number of rotatable bonds is 4. The van der Waals surface area contributed by atoms with Gasteiger partial charge in [0.2, 0.25) is 0 Å². The molecule has 0 fully saturated rings. The van der Waals surface area contributed by atoms with Crippen LogP contribution in [0.3, 0.4) is 0 Å². The van der Waals surface area contributed by atoms with Crippen molar-refractivity contribution >= 4 is 113 Å². The van der Waals surface area contributed by atoms with Crippen molar-refractivity contribution in [3.05, 3.63) is 164 Å². The van der Waals surface area contributed by atoms with E-state index in [1.165, 1.54) is 62.2 Å². The Kier molecular flexibility index (Phi) is 6.03. The third kappa shape index (κ3) is 4.32. The third-order valence-electron chi connectivity index (χ3n) is 10.0. The van der Waals surface area contributed by atoms with Gasteiger partial charge in [0, 0.05) is 68.2 Å². The lowest BCUT2D eigenvalue weighted by atomic mass is 9.99. The maximum Gasteiger partial charge on any atom is 0.136 e. The van der Waals surface area contributed by atoms with Crippen molar-refractivity contribution in [2.75, 3.05) is 4.90 Å². The molecule has 4 heteroatoms. The van der Waals surface area contributed by atoms with E-state index in [4.69, 9.17) is 4.42 Å². The van der Waals surface area contributed by atoms with E-state index in [-0.39, 0.29) is 0 Å². The summed E-state index contributed by atoms with van der Waals surface area (Å²) in [6.07, 6.45) is 0. The summed E-state index contributed by atoms with van der Waals surface area (Å²) in [6, 6.07) is 59.7. The van der Waals surface area contributed by atoms with Crippen molar-refractivity contribution in [2.24, 2.45) is 0 Å². The molecule has 0 unspecified atom stereocenters. The second kappa shape index (κ2) is 10.8. The molecular formula is C46H27NOS2. The van der Waals surface area contributed by atoms with Gasteiger partial charge >= 0.3 is 0 Å². The highest BCUT2D eigenvalue weighted by Crippen LogP contribution is 2.43. The smallest absolute Gasteiger partial charge is 0.136 e. The van der Waals surface area contributed by atoms with Gasteiger partial charge in [0.1, 0.15) is 11.2 Å². The summed E-state index contributed by atoms with van der Waals surface area (Å²) in [5.41, 5.74) is 7.64. The lowest BCUT2D eigenvalue weighted by molar-refractivity contribution is 0.669. The Labute approximate surface area is 295 Å². The molecule has 11 aromatic rings. The Morgan fingerprint density at radius 3 is 1.58 bits per heavy atom. The zero-order chi connectivity index (χ0) is 32.8. The maximum atomic E-state index is 6.22. The van der Waals surface area contributed by atoms with Gasteiger partial charge < -0.3 is 9.32 Å². The van der Waals surface area contributed by atoms with Crippen LogP contribution in [0.5, 0.6) is 0 Å². The molecule has 0 aliphatic rings. The minimum absolute atomic E-state index is 0.924. The third-order valence-corrected chi connectivity index (χ3v) is 12.3. The highest BCUT2D eigenvalue weighted by atomic mass is 32.1. The number of nitrogens with zero attached hydrogens (tertiary/aromatic N) is 1. The van der Waals surface area contributed by atoms with E-state index in [0.717, 1.165) is 39.0 Å². The van der Waals surface area contributed by atoms with Crippen LogP contribution >= 0.6 is 22.7 Å². The van der Waals surface area contributed by atoms with Gasteiger partial charge in [0.05, 0.1) is 0 Å². The van der Waals surface area contributed by atoms with Crippen LogP contribution in [0, 0.1) is 0 Å². The highest BCUT2D eigenvalue weighted by molar-refractivity contribution is 7.26. The maximum absolute atomic E-state index is 6.22. The minimum Gasteiger partial charge on any atom is -0.456 e. The van der Waals surface area contributed by atoms with Gasteiger partial charge in [0.15, 0.2) is 0 Å². The number of hydrogen-bond acceptors (Lipinski definition) is 4. The summed E-state index contributed by atoms with van der Waals surface area (Å²) in [5.74, 6) is 0. The summed E-state index contributed by atoms with van der Waals surface area (Å²) >= 11 is 3.72. The van der Waals surface area contributed by atoms with Gasteiger partial charge in [-0.05, 0) is 94.7 Å². The average molecular weight is 674 g/mol. The summed E-state index contributed by atoms with van der Waals surface area (Å²) in [7, 11) is 0. The molecule has 234 valence electrons. The standard InChI is InChI=1S/C46H27NOS2/c1-4-10-41-35(7-1)40-24-30-14-13-29(23-31(30)25-42(40)48-41)28-15-17-32(18-16-28)47(33-19-21-38-36-8-2-5-11-43(36)49-45(38)26-33)34-20-22-39-37-9-3-6-12-44(37)50-46(39)27-34/h1-27H. The van der Waals surface area contributed by atoms with Gasteiger partial charge in [0.25, 0.3) is 0 Å². The summed E-state index contributed by atoms with van der Waals surface area (Å²) in [5, 5.41) is 9.95. The first kappa shape index (κ1) is 28.0. The molecule has 0 amide bonds. The van der Waals surface area contributed by atoms with Crippen LogP contribution in [-0.2, 0) is 0 Å². The first-order chi connectivity index (χ1) is 24.7. The summed E-state index contributed by atoms with van der Waals surface area (Å²) in [6.45, 7) is 0. The molecule has 0 radical (unpaired) electrons. The molecule has 3 heterocycles. The van der Waals surface area contributed by atoms with Crippen LogP contribution in [0.15, 0.2) is 168 Å². The largest absolute Gasteiger partial charge is 0.456 e. The topological polar surface area (TPSA) is 16.4 Å². The Hall–Kier alpha value is -5.94.